The Bertz CT molecular complexity index is 960. The minimum atomic E-state index is -3.91. The van der Waals surface area contributed by atoms with Gasteiger partial charge in [0.25, 0.3) is 5.91 Å². The molecule has 1 aliphatic rings. The minimum absolute atomic E-state index is 0.184. The molecule has 2 aromatic carbocycles. The van der Waals surface area contributed by atoms with Gasteiger partial charge in [-0.1, -0.05) is 18.2 Å². The average molecular weight is 410 g/mol. The first kappa shape index (κ1) is 20.4. The molecule has 2 aromatic rings. The first-order valence-electron chi connectivity index (χ1n) is 8.95. The normalized spacial score (nSPS) is 17.2. The van der Waals surface area contributed by atoms with Crippen molar-refractivity contribution in [1.82, 2.24) is 4.31 Å². The molecule has 0 aliphatic carbocycles. The second kappa shape index (κ2) is 8.34. The largest absolute Gasteiger partial charge is 0.323 e. The molecule has 0 saturated carbocycles. The van der Waals surface area contributed by atoms with Crippen molar-refractivity contribution in [2.24, 2.45) is 0 Å². The van der Waals surface area contributed by atoms with Crippen LogP contribution in [-0.2, 0) is 14.8 Å². The Morgan fingerprint density at radius 1 is 1.11 bits per heavy atom. The number of hydrogen-bond donors (Lipinski definition) is 2. The summed E-state index contributed by atoms with van der Waals surface area (Å²) in [6.07, 6.45) is 0. The predicted molar refractivity (Wildman–Crippen MR) is 100 cm³/mol. The third-order valence-electron chi connectivity index (χ3n) is 4.92. The van der Waals surface area contributed by atoms with Crippen molar-refractivity contribution in [2.75, 3.05) is 31.5 Å². The van der Waals surface area contributed by atoms with Gasteiger partial charge in [-0.3, -0.25) is 4.79 Å². The summed E-state index contributed by atoms with van der Waals surface area (Å²) < 4.78 is 53.7. The van der Waals surface area contributed by atoms with Crippen LogP contribution in [0, 0.1) is 11.6 Å². The van der Waals surface area contributed by atoms with Crippen molar-refractivity contribution in [1.29, 1.82) is 0 Å². The van der Waals surface area contributed by atoms with Gasteiger partial charge in [-0.15, -0.1) is 0 Å². The summed E-state index contributed by atoms with van der Waals surface area (Å²) in [5, 5.41) is 2.67. The molecule has 0 spiro atoms. The standard InChI is InChI=1S/C19H21F2N3O3S/c1-14(19(25)22-16-6-4-5-15(20)13-16)23-9-11-24(12-10-23)28(26,27)18-8-3-2-7-17(18)21/h2-8,13-14H,9-12H2,1H3,(H,22,25)/p+1/t14-/m1/s1. The highest BCUT2D eigenvalue weighted by atomic mass is 32.2. The zero-order chi connectivity index (χ0) is 20.3. The lowest BCUT2D eigenvalue weighted by Gasteiger charge is -2.34. The van der Waals surface area contributed by atoms with Crippen molar-refractivity contribution in [2.45, 2.75) is 17.9 Å². The molecule has 3 rings (SSSR count). The molecular weight excluding hydrogens is 388 g/mol. The second-order valence-corrected chi connectivity index (χ2v) is 8.62. The number of anilines is 1. The SMILES string of the molecule is C[C@H](C(=O)Nc1cccc(F)c1)[NH+]1CCN(S(=O)(=O)c2ccccc2F)CC1. The number of rotatable bonds is 5. The van der Waals surface area contributed by atoms with Gasteiger partial charge in [0.05, 0.1) is 26.2 Å². The van der Waals surface area contributed by atoms with Crippen LogP contribution < -0.4 is 10.2 Å². The average Bonchev–Trinajstić information content (AvgIpc) is 2.67. The van der Waals surface area contributed by atoms with Crippen LogP contribution in [-0.4, -0.2) is 50.9 Å². The highest BCUT2D eigenvalue weighted by Gasteiger charge is 2.35. The molecule has 1 aliphatic heterocycles. The molecule has 0 radical (unpaired) electrons. The highest BCUT2D eigenvalue weighted by molar-refractivity contribution is 7.89. The minimum Gasteiger partial charge on any atom is -0.323 e. The number of hydrogen-bond acceptors (Lipinski definition) is 3. The summed E-state index contributed by atoms with van der Waals surface area (Å²) in [5.74, 6) is -1.49. The molecule has 0 unspecified atom stereocenters. The zero-order valence-electron chi connectivity index (χ0n) is 15.4. The molecule has 1 saturated heterocycles. The van der Waals surface area contributed by atoms with Gasteiger partial charge in [-0.05, 0) is 37.3 Å². The van der Waals surface area contributed by atoms with Gasteiger partial charge in [0.15, 0.2) is 6.04 Å². The van der Waals surface area contributed by atoms with E-state index in [2.05, 4.69) is 5.32 Å². The van der Waals surface area contributed by atoms with Crippen molar-refractivity contribution < 1.29 is 26.9 Å². The maximum atomic E-state index is 13.9. The Morgan fingerprint density at radius 2 is 1.79 bits per heavy atom. The summed E-state index contributed by atoms with van der Waals surface area (Å²) in [4.78, 5) is 13.0. The first-order valence-corrected chi connectivity index (χ1v) is 10.4. The Labute approximate surface area is 162 Å². The monoisotopic (exact) mass is 410 g/mol. The zero-order valence-corrected chi connectivity index (χ0v) is 16.2. The molecule has 1 heterocycles. The van der Waals surface area contributed by atoms with Crippen LogP contribution in [0.15, 0.2) is 53.4 Å². The molecule has 28 heavy (non-hydrogen) atoms. The number of quaternary nitrogens is 1. The topological polar surface area (TPSA) is 70.9 Å². The fourth-order valence-corrected chi connectivity index (χ4v) is 4.75. The van der Waals surface area contributed by atoms with E-state index in [1.807, 2.05) is 0 Å². The lowest BCUT2D eigenvalue weighted by molar-refractivity contribution is -0.917. The van der Waals surface area contributed by atoms with Gasteiger partial charge < -0.3 is 10.2 Å². The lowest BCUT2D eigenvalue weighted by Crippen LogP contribution is -3.19. The van der Waals surface area contributed by atoms with Gasteiger partial charge >= 0.3 is 0 Å². The van der Waals surface area contributed by atoms with E-state index >= 15 is 0 Å². The van der Waals surface area contributed by atoms with E-state index in [9.17, 15) is 22.0 Å². The van der Waals surface area contributed by atoms with E-state index in [4.69, 9.17) is 0 Å². The molecule has 1 atom stereocenters. The van der Waals surface area contributed by atoms with E-state index in [-0.39, 0.29) is 23.9 Å². The number of nitrogens with zero attached hydrogens (tertiary/aromatic N) is 1. The molecule has 150 valence electrons. The maximum Gasteiger partial charge on any atom is 0.282 e. The fraction of sp³-hybridized carbons (Fsp3) is 0.316. The fourth-order valence-electron chi connectivity index (χ4n) is 3.24. The van der Waals surface area contributed by atoms with Crippen LogP contribution in [0.1, 0.15) is 6.92 Å². The van der Waals surface area contributed by atoms with Gasteiger partial charge in [0, 0.05) is 5.69 Å². The third kappa shape index (κ3) is 4.37. The highest BCUT2D eigenvalue weighted by Crippen LogP contribution is 2.18. The Balaban J connectivity index is 1.61. The summed E-state index contributed by atoms with van der Waals surface area (Å²) in [5.41, 5.74) is 0.372. The van der Waals surface area contributed by atoms with Crippen LogP contribution in [0.25, 0.3) is 0 Å². The first-order chi connectivity index (χ1) is 13.3. The Morgan fingerprint density at radius 3 is 2.43 bits per heavy atom. The summed E-state index contributed by atoms with van der Waals surface area (Å²) in [6.45, 7) is 2.93. The number of nitrogens with one attached hydrogen (secondary N) is 2. The maximum absolute atomic E-state index is 13.9. The molecular formula is C19H22F2N3O3S+. The number of benzene rings is 2. The van der Waals surface area contributed by atoms with Crippen molar-refractivity contribution in [3.8, 4) is 0 Å². The number of carbonyl (C=O) groups is 1. The smallest absolute Gasteiger partial charge is 0.282 e. The summed E-state index contributed by atoms with van der Waals surface area (Å²) >= 11 is 0. The predicted octanol–water partition coefficient (Wildman–Crippen LogP) is 0.881. The van der Waals surface area contributed by atoms with Gasteiger partial charge in [0.2, 0.25) is 10.0 Å². The van der Waals surface area contributed by atoms with Crippen molar-refractivity contribution in [3.63, 3.8) is 0 Å². The number of carbonyl (C=O) groups excluding carboxylic acids is 1. The van der Waals surface area contributed by atoms with Crippen molar-refractivity contribution in [3.05, 3.63) is 60.2 Å². The van der Waals surface area contributed by atoms with Crippen LogP contribution in [0.2, 0.25) is 0 Å². The van der Waals surface area contributed by atoms with Crippen molar-refractivity contribution >= 4 is 21.6 Å². The molecule has 1 fully saturated rings. The summed E-state index contributed by atoms with van der Waals surface area (Å²) in [6, 6.07) is 10.5. The molecule has 6 nitrogen and oxygen atoms in total. The molecule has 0 aromatic heterocycles. The van der Waals surface area contributed by atoms with E-state index < -0.39 is 27.7 Å². The molecule has 1 amide bonds. The third-order valence-corrected chi connectivity index (χ3v) is 6.85. The second-order valence-electron chi connectivity index (χ2n) is 6.71. The van der Waals surface area contributed by atoms with E-state index in [0.29, 0.717) is 18.8 Å². The molecule has 9 heteroatoms. The van der Waals surface area contributed by atoms with E-state index in [0.717, 1.165) is 11.0 Å². The number of piperazine rings is 1. The van der Waals surface area contributed by atoms with E-state index in [1.54, 1.807) is 13.0 Å². The number of sulfonamides is 1. The number of amides is 1. The lowest BCUT2D eigenvalue weighted by atomic mass is 10.2. The van der Waals surface area contributed by atoms with Crippen LogP contribution in [0.5, 0.6) is 0 Å². The number of halogens is 2. The van der Waals surface area contributed by atoms with Crippen LogP contribution in [0.3, 0.4) is 0 Å². The van der Waals surface area contributed by atoms with Gasteiger partial charge in [0.1, 0.15) is 16.5 Å². The quantitative estimate of drug-likeness (QED) is 0.769. The Hall–Kier alpha value is -2.36. The Kier molecular flexibility index (Phi) is 6.07. The molecule has 2 N–H and O–H groups in total. The van der Waals surface area contributed by atoms with Gasteiger partial charge in [-0.2, -0.15) is 4.31 Å². The van der Waals surface area contributed by atoms with E-state index in [1.165, 1.54) is 40.7 Å². The summed E-state index contributed by atoms with van der Waals surface area (Å²) in [7, 11) is -3.91. The van der Waals surface area contributed by atoms with Crippen LogP contribution >= 0.6 is 0 Å². The molecule has 0 bridgehead atoms. The van der Waals surface area contributed by atoms with Gasteiger partial charge in [-0.25, -0.2) is 17.2 Å². The van der Waals surface area contributed by atoms with Crippen LogP contribution in [0.4, 0.5) is 14.5 Å².